The van der Waals surface area contributed by atoms with E-state index >= 15 is 0 Å². The molecule has 0 heterocycles. The van der Waals surface area contributed by atoms with Crippen LogP contribution >= 0.6 is 0 Å². The number of rotatable bonds is 11. The number of ether oxygens (including phenoxy) is 2. The first-order valence-electron chi connectivity index (χ1n) is 9.16. The van der Waals surface area contributed by atoms with E-state index in [0.29, 0.717) is 30.0 Å². The average molecular weight is 401 g/mol. The maximum atomic E-state index is 12.9. The maximum absolute atomic E-state index is 12.9. The first-order valence-corrected chi connectivity index (χ1v) is 10.6. The molecular weight excluding hydrogens is 368 g/mol. The van der Waals surface area contributed by atoms with Gasteiger partial charge in [0.25, 0.3) is 0 Å². The number of likely N-dealkylation sites (N-methyl/N-ethyl adjacent to an activating group) is 2. The van der Waals surface area contributed by atoms with Crippen LogP contribution in [-0.4, -0.2) is 70.5 Å². The fraction of sp³-hybridized carbons (Fsp3) is 0.632. The average Bonchev–Trinajstić information content (AvgIpc) is 2.61. The van der Waals surface area contributed by atoms with Gasteiger partial charge in [-0.3, -0.25) is 4.79 Å². The second-order valence-electron chi connectivity index (χ2n) is 6.44. The Morgan fingerprint density at radius 3 is 2.19 bits per heavy atom. The van der Waals surface area contributed by atoms with Crippen molar-refractivity contribution in [2.45, 2.75) is 39.0 Å². The topological polar surface area (TPSA) is 76.2 Å². The van der Waals surface area contributed by atoms with Crippen LogP contribution in [0, 0.1) is 13.8 Å². The van der Waals surface area contributed by atoms with Crippen molar-refractivity contribution in [3.63, 3.8) is 0 Å². The lowest BCUT2D eigenvalue weighted by atomic mass is 10.1. The molecule has 0 N–H and O–H groups in total. The molecule has 0 aromatic heterocycles. The summed E-state index contributed by atoms with van der Waals surface area (Å²) in [5.41, 5.74) is 1.26. The zero-order valence-electron chi connectivity index (χ0n) is 17.2. The Balaban J connectivity index is 2.69. The molecule has 0 saturated carbocycles. The van der Waals surface area contributed by atoms with Crippen LogP contribution in [0.2, 0.25) is 0 Å². The number of carbonyl (C=O) groups excluding carboxylic acids is 1. The van der Waals surface area contributed by atoms with Crippen molar-refractivity contribution >= 4 is 15.9 Å². The van der Waals surface area contributed by atoms with Crippen LogP contribution in [0.15, 0.2) is 17.0 Å². The van der Waals surface area contributed by atoms with Gasteiger partial charge in [-0.25, -0.2) is 8.42 Å². The summed E-state index contributed by atoms with van der Waals surface area (Å²) in [4.78, 5) is 14.0. The molecule has 1 rings (SSSR count). The number of methoxy groups -OCH3 is 1. The van der Waals surface area contributed by atoms with Crippen LogP contribution < -0.4 is 4.74 Å². The fourth-order valence-electron chi connectivity index (χ4n) is 2.88. The normalized spacial score (nSPS) is 11.7. The van der Waals surface area contributed by atoms with Crippen molar-refractivity contribution in [3.05, 3.63) is 23.3 Å². The molecule has 27 heavy (non-hydrogen) atoms. The number of aryl methyl sites for hydroxylation is 2. The van der Waals surface area contributed by atoms with Crippen molar-refractivity contribution < 1.29 is 22.7 Å². The predicted molar refractivity (Wildman–Crippen MR) is 106 cm³/mol. The first kappa shape index (κ1) is 23.4. The van der Waals surface area contributed by atoms with Crippen molar-refractivity contribution in [3.8, 4) is 5.75 Å². The Bertz CT molecular complexity index is 711. The number of hydrogen-bond donors (Lipinski definition) is 0. The maximum Gasteiger partial charge on any atom is 0.248 e. The summed E-state index contributed by atoms with van der Waals surface area (Å²) >= 11 is 0. The van der Waals surface area contributed by atoms with Gasteiger partial charge < -0.3 is 14.4 Å². The minimum atomic E-state index is -3.65. The van der Waals surface area contributed by atoms with Gasteiger partial charge in [0.2, 0.25) is 15.9 Å². The molecule has 1 aromatic carbocycles. The van der Waals surface area contributed by atoms with Crippen molar-refractivity contribution in [1.82, 2.24) is 9.21 Å². The molecule has 0 aliphatic carbocycles. The standard InChI is InChI=1S/C19H32N2O5S/c1-7-9-21(8-2)18(22)14-26-11-10-20(5)27(23,24)19-15(3)12-17(25-6)13-16(19)4/h12-13H,7-11,14H2,1-6H3. The van der Waals surface area contributed by atoms with Gasteiger partial charge in [0.15, 0.2) is 0 Å². The highest BCUT2D eigenvalue weighted by Crippen LogP contribution is 2.27. The summed E-state index contributed by atoms with van der Waals surface area (Å²) in [6, 6.07) is 3.41. The Morgan fingerprint density at radius 1 is 1.11 bits per heavy atom. The van der Waals surface area contributed by atoms with Crippen molar-refractivity contribution in [2.24, 2.45) is 0 Å². The molecule has 0 unspecified atom stereocenters. The van der Waals surface area contributed by atoms with E-state index in [1.165, 1.54) is 11.4 Å². The molecule has 0 bridgehead atoms. The fourth-order valence-corrected chi connectivity index (χ4v) is 4.44. The van der Waals surface area contributed by atoms with Gasteiger partial charge in [0.1, 0.15) is 12.4 Å². The lowest BCUT2D eigenvalue weighted by Gasteiger charge is -2.22. The van der Waals surface area contributed by atoms with Gasteiger partial charge >= 0.3 is 0 Å². The monoisotopic (exact) mass is 400 g/mol. The molecule has 0 spiro atoms. The molecule has 0 aliphatic heterocycles. The highest BCUT2D eigenvalue weighted by molar-refractivity contribution is 7.89. The third-order valence-electron chi connectivity index (χ3n) is 4.34. The molecular formula is C19H32N2O5S. The van der Waals surface area contributed by atoms with E-state index in [9.17, 15) is 13.2 Å². The summed E-state index contributed by atoms with van der Waals surface area (Å²) in [7, 11) is -0.591. The van der Waals surface area contributed by atoms with Crippen molar-refractivity contribution in [1.29, 1.82) is 0 Å². The van der Waals surface area contributed by atoms with Gasteiger partial charge in [-0.05, 0) is 50.5 Å². The van der Waals surface area contributed by atoms with Crippen LogP contribution in [-0.2, 0) is 19.6 Å². The van der Waals surface area contributed by atoms with Gasteiger partial charge in [0.05, 0.1) is 18.6 Å². The SMILES string of the molecule is CCCN(CC)C(=O)COCCN(C)S(=O)(=O)c1c(C)cc(OC)cc1C. The van der Waals surface area contributed by atoms with E-state index in [2.05, 4.69) is 0 Å². The molecule has 1 amide bonds. The Morgan fingerprint density at radius 2 is 1.70 bits per heavy atom. The van der Waals surface area contributed by atoms with Crippen LogP contribution in [0.4, 0.5) is 0 Å². The quantitative estimate of drug-likeness (QED) is 0.532. The second-order valence-corrected chi connectivity index (χ2v) is 8.42. The van der Waals surface area contributed by atoms with Crippen LogP contribution in [0.1, 0.15) is 31.4 Å². The molecule has 1 aromatic rings. The number of amides is 1. The Labute approximate surface area is 163 Å². The first-order chi connectivity index (χ1) is 12.7. The highest BCUT2D eigenvalue weighted by atomic mass is 32.2. The van der Waals surface area contributed by atoms with Gasteiger partial charge in [-0.1, -0.05) is 6.92 Å². The molecule has 0 fully saturated rings. The summed E-state index contributed by atoms with van der Waals surface area (Å²) in [5, 5.41) is 0. The molecule has 154 valence electrons. The van der Waals surface area contributed by atoms with E-state index in [0.717, 1.165) is 6.42 Å². The zero-order chi connectivity index (χ0) is 20.6. The van der Waals surface area contributed by atoms with Gasteiger partial charge in [-0.2, -0.15) is 4.31 Å². The largest absolute Gasteiger partial charge is 0.497 e. The molecule has 0 atom stereocenters. The van der Waals surface area contributed by atoms with Crippen LogP contribution in [0.5, 0.6) is 5.75 Å². The molecule has 0 radical (unpaired) electrons. The summed E-state index contributed by atoms with van der Waals surface area (Å²) in [6.07, 6.45) is 0.890. The van der Waals surface area contributed by atoms with Gasteiger partial charge in [0, 0.05) is 26.7 Å². The summed E-state index contributed by atoms with van der Waals surface area (Å²) in [5.74, 6) is 0.549. The van der Waals surface area contributed by atoms with E-state index in [1.54, 1.807) is 38.0 Å². The number of sulfonamides is 1. The van der Waals surface area contributed by atoms with E-state index < -0.39 is 10.0 Å². The third kappa shape index (κ3) is 6.19. The Hall–Kier alpha value is -1.64. The van der Waals surface area contributed by atoms with Gasteiger partial charge in [-0.15, -0.1) is 0 Å². The predicted octanol–water partition coefficient (Wildman–Crippen LogP) is 2.21. The van der Waals surface area contributed by atoms with Crippen LogP contribution in [0.3, 0.4) is 0 Å². The highest BCUT2D eigenvalue weighted by Gasteiger charge is 2.25. The number of nitrogens with zero attached hydrogens (tertiary/aromatic N) is 2. The molecule has 7 nitrogen and oxygen atoms in total. The number of carbonyl (C=O) groups is 1. The summed E-state index contributed by atoms with van der Waals surface area (Å²) in [6.45, 7) is 9.05. The summed E-state index contributed by atoms with van der Waals surface area (Å²) < 4.78 is 37.6. The van der Waals surface area contributed by atoms with E-state index in [-0.39, 0.29) is 30.6 Å². The van der Waals surface area contributed by atoms with Crippen molar-refractivity contribution in [2.75, 3.05) is 47.0 Å². The molecule has 8 heteroatoms. The second kappa shape index (κ2) is 10.6. The molecule has 0 aliphatic rings. The number of benzene rings is 1. The minimum absolute atomic E-state index is 0.0394. The lowest BCUT2D eigenvalue weighted by molar-refractivity contribution is -0.136. The van der Waals surface area contributed by atoms with Crippen LogP contribution in [0.25, 0.3) is 0 Å². The number of hydrogen-bond acceptors (Lipinski definition) is 5. The zero-order valence-corrected chi connectivity index (χ0v) is 18.1. The third-order valence-corrected chi connectivity index (χ3v) is 6.50. The smallest absolute Gasteiger partial charge is 0.248 e. The van der Waals surface area contributed by atoms with E-state index in [1.807, 2.05) is 13.8 Å². The molecule has 0 saturated heterocycles. The minimum Gasteiger partial charge on any atom is -0.497 e. The lowest BCUT2D eigenvalue weighted by Crippen LogP contribution is -2.36. The van der Waals surface area contributed by atoms with E-state index in [4.69, 9.17) is 9.47 Å². The Kier molecular flexibility index (Phi) is 9.21.